The molecule has 0 aliphatic heterocycles. The zero-order chi connectivity index (χ0) is 26.2. The molecule has 0 aromatic rings. The number of rotatable bonds is 26. The highest BCUT2D eigenvalue weighted by atomic mass is 16.7. The molecule has 0 fully saturated rings. The number of unbranched alkanes of at least 4 members (excludes halogenated alkanes) is 4. The van der Waals surface area contributed by atoms with Gasteiger partial charge in [-0.05, 0) is 25.7 Å². The SMILES string of the molecule is CCCCOC[C@H](OCCCC)OC(COC(=O)CCC(=O)O)[C@H](COCCCC)OCCCC. The van der Waals surface area contributed by atoms with E-state index in [1.165, 1.54) is 0 Å². The number of ether oxygens (including phenoxy) is 6. The first kappa shape index (κ1) is 33.7. The summed E-state index contributed by atoms with van der Waals surface area (Å²) in [6.45, 7) is 11.1. The zero-order valence-electron chi connectivity index (χ0n) is 22.5. The van der Waals surface area contributed by atoms with Crippen LogP contribution in [0.3, 0.4) is 0 Å². The molecule has 1 N–H and O–H groups in total. The Balaban J connectivity index is 5.36. The summed E-state index contributed by atoms with van der Waals surface area (Å²) in [7, 11) is 0. The van der Waals surface area contributed by atoms with Crippen LogP contribution in [0.5, 0.6) is 0 Å². The highest BCUT2D eigenvalue weighted by Gasteiger charge is 2.29. The number of aliphatic carboxylic acids is 1. The van der Waals surface area contributed by atoms with Crippen LogP contribution < -0.4 is 0 Å². The van der Waals surface area contributed by atoms with E-state index < -0.39 is 30.4 Å². The third kappa shape index (κ3) is 20.6. The maximum absolute atomic E-state index is 12.1. The lowest BCUT2D eigenvalue weighted by atomic mass is 10.2. The fraction of sp³-hybridized carbons (Fsp3) is 0.923. The van der Waals surface area contributed by atoms with Crippen molar-refractivity contribution in [3.05, 3.63) is 0 Å². The number of hydrogen-bond donors (Lipinski definition) is 1. The number of carboxylic acid groups (broad SMARTS) is 1. The molecule has 1 unspecified atom stereocenters. The van der Waals surface area contributed by atoms with E-state index >= 15 is 0 Å². The van der Waals surface area contributed by atoms with Crippen molar-refractivity contribution in [1.29, 1.82) is 0 Å². The summed E-state index contributed by atoms with van der Waals surface area (Å²) < 4.78 is 35.3. The highest BCUT2D eigenvalue weighted by Crippen LogP contribution is 2.14. The molecule has 35 heavy (non-hydrogen) atoms. The Hall–Kier alpha value is -1.26. The average Bonchev–Trinajstić information content (AvgIpc) is 2.84. The van der Waals surface area contributed by atoms with Gasteiger partial charge in [-0.3, -0.25) is 9.59 Å². The molecule has 9 nitrogen and oxygen atoms in total. The van der Waals surface area contributed by atoms with Crippen LogP contribution in [0.25, 0.3) is 0 Å². The first-order valence-corrected chi connectivity index (χ1v) is 13.4. The second kappa shape index (κ2) is 24.4. The van der Waals surface area contributed by atoms with Gasteiger partial charge in [-0.1, -0.05) is 53.4 Å². The van der Waals surface area contributed by atoms with Crippen molar-refractivity contribution < 1.29 is 43.1 Å². The van der Waals surface area contributed by atoms with E-state index in [0.29, 0.717) is 33.0 Å². The van der Waals surface area contributed by atoms with Gasteiger partial charge in [-0.25, -0.2) is 0 Å². The lowest BCUT2D eigenvalue weighted by molar-refractivity contribution is -0.233. The van der Waals surface area contributed by atoms with Gasteiger partial charge in [-0.2, -0.15) is 0 Å². The Morgan fingerprint density at radius 3 is 1.77 bits per heavy atom. The van der Waals surface area contributed by atoms with Crippen molar-refractivity contribution >= 4 is 11.9 Å². The maximum Gasteiger partial charge on any atom is 0.306 e. The van der Waals surface area contributed by atoms with Crippen molar-refractivity contribution in [2.45, 2.75) is 110 Å². The third-order valence-corrected chi connectivity index (χ3v) is 5.14. The third-order valence-electron chi connectivity index (χ3n) is 5.14. The average molecular weight is 507 g/mol. The molecule has 208 valence electrons. The number of carbonyl (C=O) groups excluding carboxylic acids is 1. The Morgan fingerprint density at radius 2 is 1.20 bits per heavy atom. The quantitative estimate of drug-likeness (QED) is 0.101. The van der Waals surface area contributed by atoms with Crippen LogP contribution >= 0.6 is 0 Å². The van der Waals surface area contributed by atoms with E-state index in [1.807, 2.05) is 0 Å². The lowest BCUT2D eigenvalue weighted by Crippen LogP contribution is -2.43. The molecule has 0 aromatic carbocycles. The van der Waals surface area contributed by atoms with Crippen molar-refractivity contribution in [2.75, 3.05) is 46.2 Å². The Labute approximate surface area is 212 Å². The molecule has 0 spiro atoms. The largest absolute Gasteiger partial charge is 0.481 e. The summed E-state index contributed by atoms with van der Waals surface area (Å²) in [5.41, 5.74) is 0. The Morgan fingerprint density at radius 1 is 0.657 bits per heavy atom. The van der Waals surface area contributed by atoms with Gasteiger partial charge >= 0.3 is 11.9 Å². The number of hydrogen-bond acceptors (Lipinski definition) is 8. The van der Waals surface area contributed by atoms with E-state index in [4.69, 9.17) is 33.5 Å². The highest BCUT2D eigenvalue weighted by molar-refractivity contribution is 5.76. The van der Waals surface area contributed by atoms with Crippen LogP contribution in [0.1, 0.15) is 91.9 Å². The summed E-state index contributed by atoms with van der Waals surface area (Å²) in [5, 5.41) is 8.83. The maximum atomic E-state index is 12.1. The predicted molar refractivity (Wildman–Crippen MR) is 133 cm³/mol. The standard InChI is InChI=1S/C26H50O9/c1-5-9-15-30-19-22(32-17-11-7-3)23(20-34-25(29)14-13-24(27)28)35-26(33-18-12-8-4)21-31-16-10-6-2/h22-23,26H,5-21H2,1-4H3,(H,27,28)/t22-,23?,26+/m0/s1. The van der Waals surface area contributed by atoms with E-state index in [0.717, 1.165) is 51.4 Å². The summed E-state index contributed by atoms with van der Waals surface area (Å²) in [6, 6.07) is 0. The first-order valence-electron chi connectivity index (χ1n) is 13.4. The molecule has 0 aromatic heterocycles. The molecule has 0 saturated carbocycles. The molecule has 0 bridgehead atoms. The lowest BCUT2D eigenvalue weighted by Gasteiger charge is -2.31. The van der Waals surface area contributed by atoms with Crippen LogP contribution in [0.2, 0.25) is 0 Å². The molecule has 0 saturated heterocycles. The molecule has 9 heteroatoms. The smallest absolute Gasteiger partial charge is 0.306 e. The Bertz CT molecular complexity index is 501. The van der Waals surface area contributed by atoms with Gasteiger partial charge in [0.25, 0.3) is 0 Å². The first-order chi connectivity index (χ1) is 17.0. The number of esters is 1. The van der Waals surface area contributed by atoms with Gasteiger partial charge in [0.05, 0.1) is 26.1 Å². The van der Waals surface area contributed by atoms with Gasteiger partial charge in [0.15, 0.2) is 6.29 Å². The molecular formula is C26H50O9. The van der Waals surface area contributed by atoms with E-state index in [-0.39, 0.29) is 26.1 Å². The van der Waals surface area contributed by atoms with Gasteiger partial charge in [0, 0.05) is 26.4 Å². The minimum Gasteiger partial charge on any atom is -0.481 e. The van der Waals surface area contributed by atoms with Crippen LogP contribution in [-0.2, 0) is 38.0 Å². The molecule has 3 atom stereocenters. The summed E-state index contributed by atoms with van der Waals surface area (Å²) in [5.74, 6) is -1.64. The van der Waals surface area contributed by atoms with Gasteiger partial charge in [0.2, 0.25) is 0 Å². The topological polar surface area (TPSA) is 110 Å². The molecule has 0 radical (unpaired) electrons. The molecule has 0 amide bonds. The van der Waals surface area contributed by atoms with Crippen molar-refractivity contribution in [2.24, 2.45) is 0 Å². The van der Waals surface area contributed by atoms with Crippen molar-refractivity contribution in [3.63, 3.8) is 0 Å². The molecule has 0 aliphatic rings. The summed E-state index contributed by atoms with van der Waals surface area (Å²) in [4.78, 5) is 22.9. The van der Waals surface area contributed by atoms with Crippen molar-refractivity contribution in [1.82, 2.24) is 0 Å². The van der Waals surface area contributed by atoms with Gasteiger partial charge in [-0.15, -0.1) is 0 Å². The van der Waals surface area contributed by atoms with E-state index in [2.05, 4.69) is 27.7 Å². The van der Waals surface area contributed by atoms with E-state index in [1.54, 1.807) is 0 Å². The molecule has 0 rings (SSSR count). The number of carbonyl (C=O) groups is 2. The minimum atomic E-state index is -1.05. The van der Waals surface area contributed by atoms with Gasteiger partial charge in [0.1, 0.15) is 18.8 Å². The van der Waals surface area contributed by atoms with E-state index in [9.17, 15) is 9.59 Å². The normalized spacial score (nSPS) is 13.9. The summed E-state index contributed by atoms with van der Waals surface area (Å²) >= 11 is 0. The molecular weight excluding hydrogens is 456 g/mol. The Kier molecular flexibility index (Phi) is 23.6. The minimum absolute atomic E-state index is 0.0883. The van der Waals surface area contributed by atoms with Crippen LogP contribution in [-0.4, -0.2) is 81.8 Å². The predicted octanol–water partition coefficient (Wildman–Crippen LogP) is 4.74. The second-order valence-electron chi connectivity index (χ2n) is 8.52. The zero-order valence-corrected chi connectivity index (χ0v) is 22.5. The molecule has 0 heterocycles. The van der Waals surface area contributed by atoms with Crippen LogP contribution in [0, 0.1) is 0 Å². The van der Waals surface area contributed by atoms with Gasteiger partial charge < -0.3 is 33.5 Å². The fourth-order valence-corrected chi connectivity index (χ4v) is 2.88. The molecule has 0 aliphatic carbocycles. The fourth-order valence-electron chi connectivity index (χ4n) is 2.88. The monoisotopic (exact) mass is 506 g/mol. The number of carboxylic acids is 1. The van der Waals surface area contributed by atoms with Crippen LogP contribution in [0.15, 0.2) is 0 Å². The van der Waals surface area contributed by atoms with Crippen molar-refractivity contribution in [3.8, 4) is 0 Å². The second-order valence-corrected chi connectivity index (χ2v) is 8.52. The summed E-state index contributed by atoms with van der Waals surface area (Å²) in [6.07, 6.45) is 5.41. The van der Waals surface area contributed by atoms with Crippen LogP contribution in [0.4, 0.5) is 0 Å².